The summed E-state index contributed by atoms with van der Waals surface area (Å²) in [6.07, 6.45) is 3.50. The molecule has 0 aliphatic carbocycles. The lowest BCUT2D eigenvalue weighted by Gasteiger charge is -2.24. The number of benzene rings is 1. The third kappa shape index (κ3) is 1.54. The summed E-state index contributed by atoms with van der Waals surface area (Å²) in [6.45, 7) is 3.75. The third-order valence-corrected chi connectivity index (χ3v) is 5.15. The minimum atomic E-state index is -0.661. The SMILES string of the molecule is Cc1ccc(N2C(=O)[C@@H]3[C@H]4C=C[C@@](C)(O4)[C@H]3C2=O)cc1Cl. The van der Waals surface area contributed by atoms with Crippen LogP contribution < -0.4 is 4.90 Å². The third-order valence-electron chi connectivity index (χ3n) is 4.74. The van der Waals surface area contributed by atoms with Crippen molar-refractivity contribution < 1.29 is 14.3 Å². The van der Waals surface area contributed by atoms with Gasteiger partial charge in [-0.1, -0.05) is 29.8 Å². The fourth-order valence-electron chi connectivity index (χ4n) is 3.63. The fourth-order valence-corrected chi connectivity index (χ4v) is 3.80. The van der Waals surface area contributed by atoms with Crippen LogP contribution in [0.15, 0.2) is 30.4 Å². The fraction of sp³-hybridized carbons (Fsp3) is 0.375. The Hall–Kier alpha value is -1.65. The van der Waals surface area contributed by atoms with Gasteiger partial charge in [0.05, 0.1) is 29.2 Å². The maximum Gasteiger partial charge on any atom is 0.241 e. The van der Waals surface area contributed by atoms with Crippen molar-refractivity contribution in [2.45, 2.75) is 25.6 Å². The average Bonchev–Trinajstić information content (AvgIpc) is 3.03. The number of hydrogen-bond acceptors (Lipinski definition) is 3. The van der Waals surface area contributed by atoms with Gasteiger partial charge in [0.2, 0.25) is 11.8 Å². The molecule has 2 amide bonds. The largest absolute Gasteiger partial charge is 0.362 e. The van der Waals surface area contributed by atoms with Crippen molar-refractivity contribution >= 4 is 29.1 Å². The summed E-state index contributed by atoms with van der Waals surface area (Å²) >= 11 is 6.12. The predicted molar refractivity (Wildman–Crippen MR) is 78.1 cm³/mol. The molecule has 1 aromatic carbocycles. The van der Waals surface area contributed by atoms with Crippen molar-refractivity contribution in [3.05, 3.63) is 40.9 Å². The summed E-state index contributed by atoms with van der Waals surface area (Å²) in [6, 6.07) is 5.25. The molecule has 4 atom stereocenters. The van der Waals surface area contributed by atoms with Crippen molar-refractivity contribution in [1.82, 2.24) is 0 Å². The van der Waals surface area contributed by atoms with Crippen molar-refractivity contribution in [2.75, 3.05) is 4.90 Å². The highest BCUT2D eigenvalue weighted by molar-refractivity contribution is 6.32. The van der Waals surface area contributed by atoms with Gasteiger partial charge in [-0.15, -0.1) is 0 Å². The van der Waals surface area contributed by atoms with Crippen LogP contribution in [0.1, 0.15) is 12.5 Å². The van der Waals surface area contributed by atoms with E-state index in [9.17, 15) is 9.59 Å². The summed E-state index contributed by atoms with van der Waals surface area (Å²) in [7, 11) is 0. The zero-order chi connectivity index (χ0) is 14.9. The lowest BCUT2D eigenvalue weighted by molar-refractivity contribution is -0.126. The highest BCUT2D eigenvalue weighted by atomic mass is 35.5. The molecule has 2 bridgehead atoms. The first kappa shape index (κ1) is 13.0. The van der Waals surface area contributed by atoms with Crippen molar-refractivity contribution in [1.29, 1.82) is 0 Å². The van der Waals surface area contributed by atoms with Crippen LogP contribution in [-0.4, -0.2) is 23.5 Å². The second-order valence-corrected chi connectivity index (χ2v) is 6.48. The smallest absolute Gasteiger partial charge is 0.241 e. The zero-order valence-corrected chi connectivity index (χ0v) is 12.4. The molecule has 4 rings (SSSR count). The molecule has 0 aromatic heterocycles. The Morgan fingerprint density at radius 3 is 2.71 bits per heavy atom. The molecule has 0 saturated carbocycles. The van der Waals surface area contributed by atoms with E-state index in [1.807, 2.05) is 32.1 Å². The summed E-state index contributed by atoms with van der Waals surface area (Å²) in [5.74, 6) is -1.23. The van der Waals surface area contributed by atoms with Gasteiger partial charge in [-0.3, -0.25) is 9.59 Å². The molecule has 0 spiro atoms. The standard InChI is InChI=1S/C16H14ClNO3/c1-8-3-4-9(7-10(8)17)18-14(19)12-11-5-6-16(2,21-11)13(12)15(18)20/h3-7,11-13H,1-2H3/t11-,12-,13-,16-/m1/s1. The van der Waals surface area contributed by atoms with Crippen LogP contribution in [0.4, 0.5) is 5.69 Å². The average molecular weight is 304 g/mol. The number of rotatable bonds is 1. The number of anilines is 1. The molecule has 3 aliphatic rings. The molecule has 1 aromatic rings. The number of carbonyl (C=O) groups is 2. The number of hydrogen-bond donors (Lipinski definition) is 0. The molecule has 2 saturated heterocycles. The predicted octanol–water partition coefficient (Wildman–Crippen LogP) is 2.48. The van der Waals surface area contributed by atoms with E-state index in [1.165, 1.54) is 4.90 Å². The van der Waals surface area contributed by atoms with Crippen LogP contribution in [0.3, 0.4) is 0 Å². The number of ether oxygens (including phenoxy) is 1. The van der Waals surface area contributed by atoms with E-state index in [0.717, 1.165) is 5.56 Å². The maximum atomic E-state index is 12.7. The summed E-state index contributed by atoms with van der Waals surface area (Å²) in [5, 5.41) is 0.550. The summed E-state index contributed by atoms with van der Waals surface area (Å²) < 4.78 is 5.79. The molecular formula is C16H14ClNO3. The Bertz CT molecular complexity index is 713. The van der Waals surface area contributed by atoms with Crippen molar-refractivity contribution in [3.63, 3.8) is 0 Å². The maximum absolute atomic E-state index is 12.7. The first-order chi connectivity index (χ1) is 9.92. The van der Waals surface area contributed by atoms with Gasteiger partial charge in [-0.05, 0) is 31.5 Å². The number of fused-ring (bicyclic) bond motifs is 5. The van der Waals surface area contributed by atoms with Gasteiger partial charge >= 0.3 is 0 Å². The first-order valence-corrected chi connectivity index (χ1v) is 7.31. The van der Waals surface area contributed by atoms with E-state index in [2.05, 4.69) is 0 Å². The molecule has 21 heavy (non-hydrogen) atoms. The molecule has 0 N–H and O–H groups in total. The normalized spacial score (nSPS) is 36.7. The Kier molecular flexibility index (Phi) is 2.46. The van der Waals surface area contributed by atoms with Crippen LogP contribution in [0.25, 0.3) is 0 Å². The Morgan fingerprint density at radius 1 is 1.29 bits per heavy atom. The van der Waals surface area contributed by atoms with E-state index in [0.29, 0.717) is 10.7 Å². The second kappa shape index (κ2) is 3.96. The van der Waals surface area contributed by atoms with Gasteiger partial charge in [-0.2, -0.15) is 0 Å². The molecule has 108 valence electrons. The zero-order valence-electron chi connectivity index (χ0n) is 11.7. The number of halogens is 1. The first-order valence-electron chi connectivity index (χ1n) is 6.93. The van der Waals surface area contributed by atoms with Crippen LogP contribution in [0, 0.1) is 18.8 Å². The number of aryl methyl sites for hydroxylation is 1. The van der Waals surface area contributed by atoms with E-state index in [4.69, 9.17) is 16.3 Å². The Labute approximate surface area is 127 Å². The van der Waals surface area contributed by atoms with Crippen LogP contribution in [0.2, 0.25) is 5.02 Å². The van der Waals surface area contributed by atoms with E-state index >= 15 is 0 Å². The lowest BCUT2D eigenvalue weighted by atomic mass is 9.78. The van der Waals surface area contributed by atoms with Gasteiger partial charge in [0.15, 0.2) is 0 Å². The van der Waals surface area contributed by atoms with Gasteiger partial charge in [-0.25, -0.2) is 4.90 Å². The minimum Gasteiger partial charge on any atom is -0.362 e. The number of carbonyl (C=O) groups excluding carboxylic acids is 2. The van der Waals surface area contributed by atoms with Crippen LogP contribution in [0.5, 0.6) is 0 Å². The number of nitrogens with zero attached hydrogens (tertiary/aromatic N) is 1. The van der Waals surface area contributed by atoms with Crippen LogP contribution in [-0.2, 0) is 14.3 Å². The molecule has 5 heteroatoms. The molecule has 3 aliphatic heterocycles. The van der Waals surface area contributed by atoms with Crippen molar-refractivity contribution in [2.24, 2.45) is 11.8 Å². The quantitative estimate of drug-likeness (QED) is 0.591. The number of imide groups is 1. The molecule has 4 nitrogen and oxygen atoms in total. The van der Waals surface area contributed by atoms with Gasteiger partial charge in [0, 0.05) is 5.02 Å². The summed E-state index contributed by atoms with van der Waals surface area (Å²) in [4.78, 5) is 26.7. The minimum absolute atomic E-state index is 0.192. The molecular weight excluding hydrogens is 290 g/mol. The van der Waals surface area contributed by atoms with Gasteiger partial charge in [0.25, 0.3) is 0 Å². The van der Waals surface area contributed by atoms with E-state index in [-0.39, 0.29) is 17.9 Å². The van der Waals surface area contributed by atoms with Gasteiger partial charge in [0.1, 0.15) is 0 Å². The second-order valence-electron chi connectivity index (χ2n) is 6.07. The monoisotopic (exact) mass is 303 g/mol. The Balaban J connectivity index is 1.78. The number of amides is 2. The van der Waals surface area contributed by atoms with Gasteiger partial charge < -0.3 is 4.74 Å². The highest BCUT2D eigenvalue weighted by Crippen LogP contribution is 2.52. The highest BCUT2D eigenvalue weighted by Gasteiger charge is 2.66. The summed E-state index contributed by atoms with van der Waals surface area (Å²) in [5.41, 5.74) is 0.792. The van der Waals surface area contributed by atoms with Crippen LogP contribution >= 0.6 is 11.6 Å². The topological polar surface area (TPSA) is 46.6 Å². The molecule has 0 radical (unpaired) electrons. The van der Waals surface area contributed by atoms with E-state index < -0.39 is 17.4 Å². The molecule has 3 heterocycles. The molecule has 2 fully saturated rings. The Morgan fingerprint density at radius 2 is 2.05 bits per heavy atom. The van der Waals surface area contributed by atoms with E-state index in [1.54, 1.807) is 12.1 Å². The van der Waals surface area contributed by atoms with Crippen molar-refractivity contribution in [3.8, 4) is 0 Å². The lowest BCUT2D eigenvalue weighted by Crippen LogP contribution is -2.38. The molecule has 0 unspecified atom stereocenters.